The zero-order valence-electron chi connectivity index (χ0n) is 21.6. The van der Waals surface area contributed by atoms with Crippen molar-refractivity contribution in [1.82, 2.24) is 9.80 Å². The zero-order valence-corrected chi connectivity index (χ0v) is 21.6. The van der Waals surface area contributed by atoms with Crippen molar-refractivity contribution in [1.29, 1.82) is 0 Å². The van der Waals surface area contributed by atoms with Crippen LogP contribution in [0.5, 0.6) is 5.75 Å². The molecule has 1 spiro atoms. The molecule has 2 aromatic rings. The quantitative estimate of drug-likeness (QED) is 0.525. The Morgan fingerprint density at radius 2 is 1.66 bits per heavy atom. The number of carbonyl (C=O) groups is 2. The predicted octanol–water partition coefficient (Wildman–Crippen LogP) is 4.91. The van der Waals surface area contributed by atoms with Gasteiger partial charge in [-0.05, 0) is 86.8 Å². The van der Waals surface area contributed by atoms with Crippen molar-refractivity contribution >= 4 is 11.8 Å². The Morgan fingerprint density at radius 3 is 2.21 bits per heavy atom. The number of nitrogens with zero attached hydrogens (tertiary/aromatic N) is 2. The van der Waals surface area contributed by atoms with E-state index in [1.807, 2.05) is 11.0 Å². The van der Waals surface area contributed by atoms with Gasteiger partial charge in [0.15, 0.2) is 0 Å². The predicted molar refractivity (Wildman–Crippen MR) is 138 cm³/mol. The van der Waals surface area contributed by atoms with Crippen LogP contribution >= 0.6 is 0 Å². The van der Waals surface area contributed by atoms with E-state index in [1.165, 1.54) is 17.7 Å². The summed E-state index contributed by atoms with van der Waals surface area (Å²) in [5.74, 6) is 0.00301. The lowest BCUT2D eigenvalue weighted by Gasteiger charge is -2.38. The van der Waals surface area contributed by atoms with Crippen LogP contribution in [0.25, 0.3) is 0 Å². The first-order valence-corrected chi connectivity index (χ1v) is 13.3. The standard InChI is InChI=1S/C25H29F3N2O2.C4H7NO/c26-25(27,28)32-22-10-8-21(9-11-22)18-30-19-24(17-23(30)31)12-15-29(16-13-24)14-4-7-20-5-2-1-3-6-20;5-4(6)3-1-2-3/h1-3,5-6,8-11H,4,7,12-19H2;3H,1-2H2,(H2,5,6). The molecule has 206 valence electrons. The third kappa shape index (κ3) is 8.48. The van der Waals surface area contributed by atoms with E-state index in [9.17, 15) is 22.8 Å². The molecule has 0 radical (unpaired) electrons. The van der Waals surface area contributed by atoms with Gasteiger partial charge in [0.25, 0.3) is 0 Å². The molecule has 5 rings (SSSR count). The molecule has 9 heteroatoms. The van der Waals surface area contributed by atoms with E-state index in [1.54, 1.807) is 12.1 Å². The van der Waals surface area contributed by atoms with E-state index >= 15 is 0 Å². The number of ether oxygens (including phenoxy) is 1. The summed E-state index contributed by atoms with van der Waals surface area (Å²) in [6.45, 7) is 4.26. The van der Waals surface area contributed by atoms with Crippen molar-refractivity contribution in [2.45, 2.75) is 57.9 Å². The normalized spacial score (nSPS) is 19.2. The molecule has 1 saturated carbocycles. The third-order valence-electron chi connectivity index (χ3n) is 7.61. The molecule has 2 saturated heterocycles. The van der Waals surface area contributed by atoms with Gasteiger partial charge in [-0.25, -0.2) is 0 Å². The molecule has 2 aliphatic heterocycles. The molecule has 1 aliphatic carbocycles. The third-order valence-corrected chi connectivity index (χ3v) is 7.61. The van der Waals surface area contributed by atoms with Crippen LogP contribution in [-0.4, -0.2) is 54.2 Å². The number of carbonyl (C=O) groups excluding carboxylic acids is 2. The molecule has 0 unspecified atom stereocenters. The molecule has 3 aliphatic rings. The number of hydrogen-bond donors (Lipinski definition) is 1. The van der Waals surface area contributed by atoms with Crippen LogP contribution in [0.1, 0.15) is 49.7 Å². The van der Waals surface area contributed by atoms with E-state index in [2.05, 4.69) is 33.9 Å². The number of likely N-dealkylation sites (tertiary alicyclic amines) is 2. The SMILES string of the molecule is NC(=O)C1CC1.O=C1CC2(CCN(CCCc3ccccc3)CC2)CN1Cc1ccc(OC(F)(F)F)cc1. The molecular formula is C29H36F3N3O3. The van der Waals surface area contributed by atoms with E-state index in [4.69, 9.17) is 5.73 Å². The van der Waals surface area contributed by atoms with Gasteiger partial charge in [0, 0.05) is 25.4 Å². The van der Waals surface area contributed by atoms with Crippen molar-refractivity contribution in [3.05, 3.63) is 65.7 Å². The van der Waals surface area contributed by atoms with Gasteiger partial charge in [-0.3, -0.25) is 9.59 Å². The Kier molecular flexibility index (Phi) is 8.97. The highest BCUT2D eigenvalue weighted by Gasteiger charge is 2.44. The number of rotatable bonds is 8. The molecule has 38 heavy (non-hydrogen) atoms. The number of hydrogen-bond acceptors (Lipinski definition) is 4. The fourth-order valence-electron chi connectivity index (χ4n) is 5.25. The molecule has 2 N–H and O–H groups in total. The molecule has 6 nitrogen and oxygen atoms in total. The maximum atomic E-state index is 12.7. The van der Waals surface area contributed by atoms with Gasteiger partial charge in [-0.1, -0.05) is 42.5 Å². The minimum Gasteiger partial charge on any atom is -0.406 e. The van der Waals surface area contributed by atoms with Crippen molar-refractivity contribution < 1.29 is 27.5 Å². The number of halogens is 3. The summed E-state index contributed by atoms with van der Waals surface area (Å²) >= 11 is 0. The summed E-state index contributed by atoms with van der Waals surface area (Å²) in [5, 5.41) is 0. The number of aryl methyl sites for hydroxylation is 1. The molecular weight excluding hydrogens is 495 g/mol. The number of piperidine rings is 1. The lowest BCUT2D eigenvalue weighted by molar-refractivity contribution is -0.274. The Morgan fingerprint density at radius 1 is 1.00 bits per heavy atom. The first-order valence-electron chi connectivity index (χ1n) is 13.3. The van der Waals surface area contributed by atoms with Gasteiger partial charge in [0.1, 0.15) is 5.75 Å². The van der Waals surface area contributed by atoms with Crippen LogP contribution in [-0.2, 0) is 22.6 Å². The monoisotopic (exact) mass is 531 g/mol. The van der Waals surface area contributed by atoms with Crippen LogP contribution in [0.2, 0.25) is 0 Å². The summed E-state index contributed by atoms with van der Waals surface area (Å²) < 4.78 is 40.9. The van der Waals surface area contributed by atoms with Gasteiger partial charge >= 0.3 is 6.36 Å². The lowest BCUT2D eigenvalue weighted by atomic mass is 9.77. The van der Waals surface area contributed by atoms with E-state index in [0.29, 0.717) is 13.0 Å². The molecule has 2 aromatic carbocycles. The smallest absolute Gasteiger partial charge is 0.406 e. The second kappa shape index (κ2) is 12.2. The number of primary amides is 1. The van der Waals surface area contributed by atoms with E-state index in [-0.39, 0.29) is 28.9 Å². The second-order valence-corrected chi connectivity index (χ2v) is 10.7. The van der Waals surface area contributed by atoms with Crippen molar-refractivity contribution in [3.63, 3.8) is 0 Å². The first-order chi connectivity index (χ1) is 18.1. The minimum atomic E-state index is -4.70. The number of benzene rings is 2. The van der Waals surface area contributed by atoms with Gasteiger partial charge in [0.2, 0.25) is 11.8 Å². The van der Waals surface area contributed by atoms with Gasteiger partial charge in [0.05, 0.1) is 0 Å². The minimum absolute atomic E-state index is 0.0341. The zero-order chi connectivity index (χ0) is 27.2. The summed E-state index contributed by atoms with van der Waals surface area (Å²) in [6.07, 6.45) is 2.16. The molecule has 0 aromatic heterocycles. The van der Waals surface area contributed by atoms with Crippen LogP contribution in [0.3, 0.4) is 0 Å². The topological polar surface area (TPSA) is 75.9 Å². The molecule has 0 bridgehead atoms. The Hall–Kier alpha value is -3.07. The van der Waals surface area contributed by atoms with Crippen LogP contribution in [0.15, 0.2) is 54.6 Å². The average molecular weight is 532 g/mol. The summed E-state index contributed by atoms with van der Waals surface area (Å²) in [5.41, 5.74) is 7.07. The first kappa shape index (κ1) is 28.0. The van der Waals surface area contributed by atoms with Gasteiger partial charge < -0.3 is 20.3 Å². The fourth-order valence-corrected chi connectivity index (χ4v) is 5.25. The number of nitrogens with two attached hydrogens (primary N) is 1. The molecule has 3 fully saturated rings. The van der Waals surface area contributed by atoms with Crippen molar-refractivity contribution in [2.24, 2.45) is 17.1 Å². The number of amides is 2. The molecule has 0 atom stereocenters. The second-order valence-electron chi connectivity index (χ2n) is 10.7. The lowest BCUT2D eigenvalue weighted by Crippen LogP contribution is -2.41. The van der Waals surface area contributed by atoms with E-state index < -0.39 is 6.36 Å². The summed E-state index contributed by atoms with van der Waals surface area (Å²) in [7, 11) is 0. The van der Waals surface area contributed by atoms with Crippen LogP contribution in [0.4, 0.5) is 13.2 Å². The van der Waals surface area contributed by atoms with Crippen LogP contribution in [0, 0.1) is 11.3 Å². The highest BCUT2D eigenvalue weighted by molar-refractivity contribution is 5.79. The largest absolute Gasteiger partial charge is 0.573 e. The Labute approximate surface area is 221 Å². The summed E-state index contributed by atoms with van der Waals surface area (Å²) in [4.78, 5) is 27.0. The Balaban J connectivity index is 0.000000494. The van der Waals surface area contributed by atoms with E-state index in [0.717, 1.165) is 70.3 Å². The average Bonchev–Trinajstić information content (AvgIpc) is 3.68. The summed E-state index contributed by atoms with van der Waals surface area (Å²) in [6, 6.07) is 16.3. The highest BCUT2D eigenvalue weighted by Crippen LogP contribution is 2.41. The number of alkyl halides is 3. The van der Waals surface area contributed by atoms with Crippen LogP contribution < -0.4 is 10.5 Å². The maximum absolute atomic E-state index is 12.7. The highest BCUT2D eigenvalue weighted by atomic mass is 19.4. The molecule has 2 heterocycles. The van der Waals surface area contributed by atoms with Crippen molar-refractivity contribution in [2.75, 3.05) is 26.2 Å². The Bertz CT molecular complexity index is 1060. The molecule has 2 amide bonds. The fraction of sp³-hybridized carbons (Fsp3) is 0.517. The maximum Gasteiger partial charge on any atom is 0.573 e. The van der Waals surface area contributed by atoms with Crippen molar-refractivity contribution in [3.8, 4) is 5.75 Å². The van der Waals surface area contributed by atoms with Gasteiger partial charge in [-0.15, -0.1) is 13.2 Å². The van der Waals surface area contributed by atoms with Gasteiger partial charge in [-0.2, -0.15) is 0 Å².